The van der Waals surface area contributed by atoms with E-state index in [-0.39, 0.29) is 5.54 Å². The molecule has 1 aliphatic rings. The first kappa shape index (κ1) is 16.5. The first-order chi connectivity index (χ1) is 9.90. The van der Waals surface area contributed by atoms with Crippen LogP contribution >= 0.6 is 0 Å². The quantitative estimate of drug-likeness (QED) is 0.902. The molecule has 0 aliphatic carbocycles. The van der Waals surface area contributed by atoms with E-state index in [0.717, 1.165) is 32.8 Å². The van der Waals surface area contributed by atoms with Gasteiger partial charge in [-0.1, -0.05) is 23.8 Å². The Morgan fingerprint density at radius 2 is 1.90 bits per heavy atom. The van der Waals surface area contributed by atoms with Crippen molar-refractivity contribution in [1.29, 1.82) is 0 Å². The average molecular weight is 290 g/mol. The van der Waals surface area contributed by atoms with Crippen molar-refractivity contribution in [3.05, 3.63) is 34.9 Å². The molecule has 2 rings (SSSR count). The highest BCUT2D eigenvalue weighted by atomic mass is 16.5. The summed E-state index contributed by atoms with van der Waals surface area (Å²) in [5.74, 6) is 0. The minimum Gasteiger partial charge on any atom is -0.379 e. The Labute approximate surface area is 129 Å². The van der Waals surface area contributed by atoms with Gasteiger partial charge in [0.15, 0.2) is 0 Å². The fourth-order valence-electron chi connectivity index (χ4n) is 3.10. The second kappa shape index (κ2) is 6.91. The molecule has 1 heterocycles. The third-order valence-electron chi connectivity index (χ3n) is 4.60. The van der Waals surface area contributed by atoms with Crippen molar-refractivity contribution < 1.29 is 4.74 Å². The van der Waals surface area contributed by atoms with Crippen molar-refractivity contribution in [2.75, 3.05) is 32.8 Å². The number of hydrogen-bond acceptors (Lipinski definition) is 3. The number of ether oxygens (including phenoxy) is 1. The van der Waals surface area contributed by atoms with E-state index in [4.69, 9.17) is 4.74 Å². The molecule has 1 fully saturated rings. The van der Waals surface area contributed by atoms with Gasteiger partial charge < -0.3 is 10.1 Å². The van der Waals surface area contributed by atoms with Gasteiger partial charge in [0.1, 0.15) is 0 Å². The molecule has 0 aromatic heterocycles. The summed E-state index contributed by atoms with van der Waals surface area (Å²) in [5.41, 5.74) is 4.27. The first-order valence-corrected chi connectivity index (χ1v) is 8.03. The molecule has 1 unspecified atom stereocenters. The molecular formula is C18H30N2O. The minimum atomic E-state index is 0.163. The lowest BCUT2D eigenvalue weighted by Crippen LogP contribution is -2.54. The van der Waals surface area contributed by atoms with Crippen LogP contribution in [0.15, 0.2) is 18.2 Å². The summed E-state index contributed by atoms with van der Waals surface area (Å²) >= 11 is 0. The zero-order chi connectivity index (χ0) is 15.5. The van der Waals surface area contributed by atoms with E-state index in [1.807, 2.05) is 0 Å². The van der Waals surface area contributed by atoms with Crippen LogP contribution in [-0.4, -0.2) is 43.3 Å². The molecule has 1 N–H and O–H groups in total. The molecule has 118 valence electrons. The van der Waals surface area contributed by atoms with Crippen molar-refractivity contribution >= 4 is 0 Å². The summed E-state index contributed by atoms with van der Waals surface area (Å²) < 4.78 is 5.45. The predicted molar refractivity (Wildman–Crippen MR) is 88.8 cm³/mol. The fraction of sp³-hybridized carbons (Fsp3) is 0.667. The van der Waals surface area contributed by atoms with E-state index < -0.39 is 0 Å². The van der Waals surface area contributed by atoms with Crippen LogP contribution in [0, 0.1) is 13.8 Å². The van der Waals surface area contributed by atoms with Crippen LogP contribution in [0.4, 0.5) is 0 Å². The van der Waals surface area contributed by atoms with Crippen molar-refractivity contribution in [2.45, 2.75) is 46.2 Å². The molecule has 1 aromatic carbocycles. The van der Waals surface area contributed by atoms with E-state index in [1.54, 1.807) is 0 Å². The third kappa shape index (κ3) is 4.29. The van der Waals surface area contributed by atoms with Gasteiger partial charge in [0.25, 0.3) is 0 Å². The number of aryl methyl sites for hydroxylation is 2. The zero-order valence-corrected chi connectivity index (χ0v) is 14.2. The van der Waals surface area contributed by atoms with E-state index in [0.29, 0.717) is 6.04 Å². The van der Waals surface area contributed by atoms with Gasteiger partial charge in [0, 0.05) is 31.2 Å². The number of benzene rings is 1. The molecule has 1 aliphatic heterocycles. The number of nitrogens with zero attached hydrogens (tertiary/aromatic N) is 1. The second-order valence-electron chi connectivity index (χ2n) is 6.87. The van der Waals surface area contributed by atoms with Gasteiger partial charge >= 0.3 is 0 Å². The van der Waals surface area contributed by atoms with Gasteiger partial charge in [0.2, 0.25) is 0 Å². The van der Waals surface area contributed by atoms with Gasteiger partial charge in [-0.3, -0.25) is 4.90 Å². The topological polar surface area (TPSA) is 24.5 Å². The van der Waals surface area contributed by atoms with E-state index in [9.17, 15) is 0 Å². The molecule has 21 heavy (non-hydrogen) atoms. The molecule has 0 saturated carbocycles. The highest BCUT2D eigenvalue weighted by molar-refractivity contribution is 5.32. The van der Waals surface area contributed by atoms with Crippen molar-refractivity contribution in [2.24, 2.45) is 0 Å². The summed E-state index contributed by atoms with van der Waals surface area (Å²) in [6, 6.07) is 7.10. The summed E-state index contributed by atoms with van der Waals surface area (Å²) in [4.78, 5) is 2.53. The highest BCUT2D eigenvalue weighted by Crippen LogP contribution is 2.21. The molecular weight excluding hydrogens is 260 g/mol. The lowest BCUT2D eigenvalue weighted by Gasteiger charge is -2.41. The first-order valence-electron chi connectivity index (χ1n) is 8.03. The van der Waals surface area contributed by atoms with Gasteiger partial charge in [0.05, 0.1) is 13.2 Å². The molecule has 1 saturated heterocycles. The van der Waals surface area contributed by atoms with E-state index in [2.05, 4.69) is 63.0 Å². The smallest absolute Gasteiger partial charge is 0.0594 e. The van der Waals surface area contributed by atoms with Gasteiger partial charge in [-0.15, -0.1) is 0 Å². The minimum absolute atomic E-state index is 0.163. The lowest BCUT2D eigenvalue weighted by atomic mass is 9.98. The molecule has 0 amide bonds. The number of hydrogen-bond donors (Lipinski definition) is 1. The zero-order valence-electron chi connectivity index (χ0n) is 14.2. The molecule has 3 nitrogen and oxygen atoms in total. The average Bonchev–Trinajstić information content (AvgIpc) is 2.46. The second-order valence-corrected chi connectivity index (χ2v) is 6.87. The Balaban J connectivity index is 1.94. The van der Waals surface area contributed by atoms with E-state index >= 15 is 0 Å². The SMILES string of the molecule is Cc1ccc(C(C)NCC(C)(C)N2CCOCC2)c(C)c1. The van der Waals surface area contributed by atoms with Crippen molar-refractivity contribution in [3.63, 3.8) is 0 Å². The van der Waals surface area contributed by atoms with E-state index in [1.165, 1.54) is 16.7 Å². The summed E-state index contributed by atoms with van der Waals surface area (Å²) in [6.07, 6.45) is 0. The van der Waals surface area contributed by atoms with Crippen LogP contribution < -0.4 is 5.32 Å². The normalized spacial score (nSPS) is 18.7. The van der Waals surface area contributed by atoms with Crippen LogP contribution in [0.1, 0.15) is 43.5 Å². The van der Waals surface area contributed by atoms with Crippen LogP contribution in [0.3, 0.4) is 0 Å². The maximum Gasteiger partial charge on any atom is 0.0594 e. The van der Waals surface area contributed by atoms with Crippen LogP contribution in [-0.2, 0) is 4.74 Å². The largest absolute Gasteiger partial charge is 0.379 e. The standard InChI is InChI=1S/C18H30N2O/c1-14-6-7-17(15(2)12-14)16(3)19-13-18(4,5)20-8-10-21-11-9-20/h6-7,12,16,19H,8-11,13H2,1-5H3. The summed E-state index contributed by atoms with van der Waals surface area (Å²) in [7, 11) is 0. The Hall–Kier alpha value is -0.900. The maximum absolute atomic E-state index is 5.45. The summed E-state index contributed by atoms with van der Waals surface area (Å²) in [5, 5.41) is 3.71. The predicted octanol–water partition coefficient (Wildman–Crippen LogP) is 3.06. The molecule has 1 aromatic rings. The Morgan fingerprint density at radius 1 is 1.24 bits per heavy atom. The lowest BCUT2D eigenvalue weighted by molar-refractivity contribution is -0.0102. The monoisotopic (exact) mass is 290 g/mol. The number of rotatable bonds is 5. The Morgan fingerprint density at radius 3 is 2.52 bits per heavy atom. The Kier molecular flexibility index (Phi) is 5.42. The van der Waals surface area contributed by atoms with Crippen LogP contribution in [0.25, 0.3) is 0 Å². The fourth-order valence-corrected chi connectivity index (χ4v) is 3.10. The molecule has 3 heteroatoms. The molecule has 1 atom stereocenters. The van der Waals surface area contributed by atoms with Crippen molar-refractivity contribution in [1.82, 2.24) is 10.2 Å². The van der Waals surface area contributed by atoms with Gasteiger partial charge in [-0.05, 0) is 45.7 Å². The third-order valence-corrected chi connectivity index (χ3v) is 4.60. The number of nitrogens with one attached hydrogen (secondary N) is 1. The molecule has 0 bridgehead atoms. The van der Waals surface area contributed by atoms with Gasteiger partial charge in [-0.2, -0.15) is 0 Å². The maximum atomic E-state index is 5.45. The molecule has 0 radical (unpaired) electrons. The number of morpholine rings is 1. The Bertz CT molecular complexity index is 464. The van der Waals surface area contributed by atoms with Gasteiger partial charge in [-0.25, -0.2) is 0 Å². The van der Waals surface area contributed by atoms with Crippen LogP contribution in [0.2, 0.25) is 0 Å². The summed E-state index contributed by atoms with van der Waals surface area (Å²) in [6.45, 7) is 16.0. The van der Waals surface area contributed by atoms with Crippen molar-refractivity contribution in [3.8, 4) is 0 Å². The highest BCUT2D eigenvalue weighted by Gasteiger charge is 2.28. The molecule has 0 spiro atoms. The van der Waals surface area contributed by atoms with Crippen LogP contribution in [0.5, 0.6) is 0 Å².